The van der Waals surface area contributed by atoms with Crippen LogP contribution < -0.4 is 0 Å². The molecule has 2 aliphatic heterocycles. The number of benzene rings is 2. The van der Waals surface area contributed by atoms with Crippen molar-refractivity contribution in [2.75, 3.05) is 24.6 Å². The van der Waals surface area contributed by atoms with Crippen LogP contribution in [-0.4, -0.2) is 54.8 Å². The minimum Gasteiger partial charge on any atom is -0.384 e. The summed E-state index contributed by atoms with van der Waals surface area (Å²) < 4.78 is 23.9. The van der Waals surface area contributed by atoms with E-state index in [1.807, 2.05) is 48.5 Å². The molecule has 0 spiro atoms. The minimum absolute atomic E-state index is 0.0728. The second-order valence-electron chi connectivity index (χ2n) is 7.87. The van der Waals surface area contributed by atoms with Crippen molar-refractivity contribution in [1.82, 2.24) is 4.90 Å². The van der Waals surface area contributed by atoms with Crippen LogP contribution in [0.2, 0.25) is 0 Å². The Kier molecular flexibility index (Phi) is 5.12. The Hall–Kier alpha value is -2.02. The molecule has 148 valence electrons. The van der Waals surface area contributed by atoms with E-state index in [1.54, 1.807) is 12.1 Å². The Balaban J connectivity index is 1.67. The number of ketones is 1. The fourth-order valence-corrected chi connectivity index (χ4v) is 6.30. The van der Waals surface area contributed by atoms with Gasteiger partial charge >= 0.3 is 0 Å². The van der Waals surface area contributed by atoms with Gasteiger partial charge in [0.15, 0.2) is 15.6 Å². The molecule has 0 unspecified atom stereocenters. The molecule has 3 atom stereocenters. The van der Waals surface area contributed by atoms with E-state index >= 15 is 0 Å². The van der Waals surface area contributed by atoms with Crippen LogP contribution >= 0.6 is 0 Å². The maximum Gasteiger partial charge on any atom is 0.170 e. The van der Waals surface area contributed by atoms with Gasteiger partial charge in [0.05, 0.1) is 17.4 Å². The van der Waals surface area contributed by atoms with E-state index in [0.29, 0.717) is 31.5 Å². The quantitative estimate of drug-likeness (QED) is 0.799. The van der Waals surface area contributed by atoms with Gasteiger partial charge in [0.1, 0.15) is 5.60 Å². The second-order valence-corrected chi connectivity index (χ2v) is 10.1. The van der Waals surface area contributed by atoms with Gasteiger partial charge in [-0.2, -0.15) is 0 Å². The molecule has 2 aromatic carbocycles. The predicted molar refractivity (Wildman–Crippen MR) is 108 cm³/mol. The van der Waals surface area contributed by atoms with Crippen LogP contribution in [0.25, 0.3) is 0 Å². The van der Waals surface area contributed by atoms with E-state index in [-0.39, 0.29) is 23.3 Å². The molecule has 4 rings (SSSR count). The molecule has 0 radical (unpaired) electrons. The third kappa shape index (κ3) is 3.64. The summed E-state index contributed by atoms with van der Waals surface area (Å²) in [7, 11) is -3.00. The number of sulfone groups is 1. The van der Waals surface area contributed by atoms with Gasteiger partial charge in [-0.25, -0.2) is 8.42 Å². The number of hydrogen-bond acceptors (Lipinski definition) is 5. The smallest absolute Gasteiger partial charge is 0.170 e. The van der Waals surface area contributed by atoms with Crippen LogP contribution in [0.5, 0.6) is 0 Å². The first kappa shape index (κ1) is 19.3. The molecule has 0 amide bonds. The molecule has 28 heavy (non-hydrogen) atoms. The van der Waals surface area contributed by atoms with E-state index in [0.717, 1.165) is 5.56 Å². The topological polar surface area (TPSA) is 74.7 Å². The van der Waals surface area contributed by atoms with Gasteiger partial charge in [0, 0.05) is 24.7 Å². The van der Waals surface area contributed by atoms with Gasteiger partial charge in [0.25, 0.3) is 0 Å². The largest absolute Gasteiger partial charge is 0.384 e. The van der Waals surface area contributed by atoms with Crippen LogP contribution in [-0.2, 0) is 15.4 Å². The van der Waals surface area contributed by atoms with Gasteiger partial charge in [-0.1, -0.05) is 60.7 Å². The van der Waals surface area contributed by atoms with Gasteiger partial charge in [-0.15, -0.1) is 0 Å². The predicted octanol–water partition coefficient (Wildman–Crippen LogP) is 2.27. The minimum atomic E-state index is -3.00. The summed E-state index contributed by atoms with van der Waals surface area (Å²) in [5.74, 6) is -0.399. The van der Waals surface area contributed by atoms with Gasteiger partial charge in [0.2, 0.25) is 0 Å². The van der Waals surface area contributed by atoms with Crippen molar-refractivity contribution in [3.63, 3.8) is 0 Å². The lowest BCUT2D eigenvalue weighted by Crippen LogP contribution is -2.55. The number of carbonyl (C=O) groups is 1. The fraction of sp³-hybridized carbons (Fsp3) is 0.409. The average Bonchev–Trinajstić information content (AvgIpc) is 3.09. The number of likely N-dealkylation sites (tertiary alicyclic amines) is 1. The Morgan fingerprint density at radius 1 is 1.04 bits per heavy atom. The molecule has 5 nitrogen and oxygen atoms in total. The first-order valence-corrected chi connectivity index (χ1v) is 11.5. The molecule has 0 aliphatic carbocycles. The van der Waals surface area contributed by atoms with E-state index in [4.69, 9.17) is 0 Å². The van der Waals surface area contributed by atoms with Crippen LogP contribution in [0.4, 0.5) is 0 Å². The highest BCUT2D eigenvalue weighted by atomic mass is 32.2. The molecule has 1 N–H and O–H groups in total. The van der Waals surface area contributed by atoms with Crippen LogP contribution in [0.1, 0.15) is 28.8 Å². The zero-order chi connectivity index (χ0) is 19.8. The third-order valence-corrected chi connectivity index (χ3v) is 7.90. The Labute approximate surface area is 165 Å². The Morgan fingerprint density at radius 3 is 2.29 bits per heavy atom. The standard InChI is InChI=1S/C22H25NO4S/c24-21(17-7-3-1-4-8-17)20-15-23(19-11-14-28(26,27)16-19)13-12-22(20,25)18-9-5-2-6-10-18/h1-10,19-20,25H,11-16H2/t19-,20+,22+/m1/s1. The summed E-state index contributed by atoms with van der Waals surface area (Å²) in [6.07, 6.45) is 0.995. The van der Waals surface area contributed by atoms with Crippen LogP contribution in [0, 0.1) is 5.92 Å². The van der Waals surface area contributed by atoms with Gasteiger partial charge < -0.3 is 5.11 Å². The lowest BCUT2D eigenvalue weighted by atomic mass is 9.72. The average molecular weight is 400 g/mol. The van der Waals surface area contributed by atoms with Crippen LogP contribution in [0.15, 0.2) is 60.7 Å². The van der Waals surface area contributed by atoms with E-state index in [1.165, 1.54) is 0 Å². The van der Waals surface area contributed by atoms with Crippen molar-refractivity contribution < 1.29 is 18.3 Å². The molecule has 2 saturated heterocycles. The summed E-state index contributed by atoms with van der Waals surface area (Å²) >= 11 is 0. The summed E-state index contributed by atoms with van der Waals surface area (Å²) in [5.41, 5.74) is 0.0491. The molecule has 2 heterocycles. The molecule has 2 fully saturated rings. The summed E-state index contributed by atoms with van der Waals surface area (Å²) in [6, 6.07) is 18.3. The molecule has 0 aromatic heterocycles. The highest BCUT2D eigenvalue weighted by molar-refractivity contribution is 7.91. The molecule has 2 aliphatic rings. The van der Waals surface area contributed by atoms with Crippen molar-refractivity contribution in [1.29, 1.82) is 0 Å². The van der Waals surface area contributed by atoms with Crippen molar-refractivity contribution in [3.8, 4) is 0 Å². The van der Waals surface area contributed by atoms with Crippen molar-refractivity contribution >= 4 is 15.6 Å². The van der Waals surface area contributed by atoms with Crippen molar-refractivity contribution in [2.45, 2.75) is 24.5 Å². The number of aliphatic hydroxyl groups is 1. The Morgan fingerprint density at radius 2 is 1.68 bits per heavy atom. The maximum atomic E-state index is 13.4. The highest BCUT2D eigenvalue weighted by Crippen LogP contribution is 2.40. The molecule has 0 saturated carbocycles. The number of rotatable bonds is 4. The zero-order valence-electron chi connectivity index (χ0n) is 15.7. The zero-order valence-corrected chi connectivity index (χ0v) is 16.5. The maximum absolute atomic E-state index is 13.4. The second kappa shape index (κ2) is 7.43. The first-order valence-electron chi connectivity index (χ1n) is 9.71. The van der Waals surface area contributed by atoms with Crippen LogP contribution in [0.3, 0.4) is 0 Å². The summed E-state index contributed by atoms with van der Waals surface area (Å²) in [5, 5.41) is 11.6. The monoisotopic (exact) mass is 399 g/mol. The van der Waals surface area contributed by atoms with Crippen molar-refractivity contribution in [3.05, 3.63) is 71.8 Å². The fourth-order valence-electron chi connectivity index (χ4n) is 4.54. The van der Waals surface area contributed by atoms with E-state index in [2.05, 4.69) is 4.90 Å². The lowest BCUT2D eigenvalue weighted by Gasteiger charge is -2.46. The molecular weight excluding hydrogens is 374 g/mol. The molecule has 0 bridgehead atoms. The number of piperidine rings is 1. The third-order valence-electron chi connectivity index (χ3n) is 6.15. The molecular formula is C22H25NO4S. The summed E-state index contributed by atoms with van der Waals surface area (Å²) in [6.45, 7) is 0.934. The number of hydrogen-bond donors (Lipinski definition) is 1. The van der Waals surface area contributed by atoms with Crippen molar-refractivity contribution in [2.24, 2.45) is 5.92 Å². The normalized spacial score (nSPS) is 30.2. The van der Waals surface area contributed by atoms with E-state index in [9.17, 15) is 18.3 Å². The Bertz CT molecular complexity index is 945. The van der Waals surface area contributed by atoms with E-state index < -0.39 is 21.4 Å². The number of nitrogens with zero attached hydrogens (tertiary/aromatic N) is 1. The molecule has 6 heteroatoms. The lowest BCUT2D eigenvalue weighted by molar-refractivity contribution is -0.0704. The van der Waals surface area contributed by atoms with Gasteiger partial charge in [-0.05, 0) is 18.4 Å². The first-order chi connectivity index (χ1) is 13.4. The number of carbonyl (C=O) groups excluding carboxylic acids is 1. The highest BCUT2D eigenvalue weighted by Gasteiger charge is 2.48. The van der Waals surface area contributed by atoms with Gasteiger partial charge in [-0.3, -0.25) is 9.69 Å². The number of Topliss-reactive ketones (excluding diaryl/α,β-unsaturated/α-hetero) is 1. The SMILES string of the molecule is O=C(c1ccccc1)[C@@H]1CN([C@@H]2CCS(=O)(=O)C2)CC[C@]1(O)c1ccccc1. The summed E-state index contributed by atoms with van der Waals surface area (Å²) in [4.78, 5) is 15.5. The molecule has 2 aromatic rings.